The Bertz CT molecular complexity index is 399. The van der Waals surface area contributed by atoms with Crippen LogP contribution >= 0.6 is 15.9 Å². The zero-order chi connectivity index (χ0) is 13.0. The topological polar surface area (TPSA) is 45.5 Å². The lowest BCUT2D eigenvalue weighted by molar-refractivity contribution is 0.0615. The number of piperidine rings is 1. The monoisotopic (exact) mass is 314 g/mol. The quantitative estimate of drug-likeness (QED) is 0.929. The number of hydrogen-bond acceptors (Lipinski definition) is 3. The molecule has 1 amide bonds. The second kappa shape index (κ2) is 6.38. The molecule has 4 nitrogen and oxygen atoms in total. The van der Waals surface area contributed by atoms with E-state index in [0.29, 0.717) is 10.4 Å². The number of amides is 1. The minimum Gasteiger partial charge on any atom is -0.444 e. The van der Waals surface area contributed by atoms with E-state index < -0.39 is 0 Å². The van der Waals surface area contributed by atoms with Crippen molar-refractivity contribution in [1.82, 2.24) is 10.2 Å². The number of rotatable bonds is 4. The van der Waals surface area contributed by atoms with Crippen molar-refractivity contribution in [3.63, 3.8) is 0 Å². The molecule has 0 aliphatic carbocycles. The highest BCUT2D eigenvalue weighted by Crippen LogP contribution is 2.19. The smallest absolute Gasteiger partial charge is 0.289 e. The molecule has 2 heterocycles. The van der Waals surface area contributed by atoms with Crippen LogP contribution in [0.3, 0.4) is 0 Å². The normalized spacial score (nSPS) is 19.8. The summed E-state index contributed by atoms with van der Waals surface area (Å²) in [6.07, 6.45) is 3.16. The van der Waals surface area contributed by atoms with E-state index in [-0.39, 0.29) is 11.9 Å². The van der Waals surface area contributed by atoms with E-state index in [1.165, 1.54) is 0 Å². The highest BCUT2D eigenvalue weighted by molar-refractivity contribution is 9.10. The molecule has 1 saturated heterocycles. The second-order valence-corrected chi connectivity index (χ2v) is 5.38. The number of hydrogen-bond donors (Lipinski definition) is 1. The van der Waals surface area contributed by atoms with Crippen LogP contribution in [-0.2, 0) is 0 Å². The van der Waals surface area contributed by atoms with Crippen LogP contribution in [0.2, 0.25) is 0 Å². The summed E-state index contributed by atoms with van der Waals surface area (Å²) in [6.45, 7) is 4.81. The SMILES string of the molecule is CCCN(C(=O)c1ccc(Br)o1)C1CCCNC1. The molecule has 0 bridgehead atoms. The number of nitrogens with one attached hydrogen (secondary N) is 1. The summed E-state index contributed by atoms with van der Waals surface area (Å²) in [6, 6.07) is 3.78. The first kappa shape index (κ1) is 13.6. The van der Waals surface area contributed by atoms with Gasteiger partial charge in [-0.05, 0) is 53.9 Å². The fraction of sp³-hybridized carbons (Fsp3) is 0.615. The highest BCUT2D eigenvalue weighted by atomic mass is 79.9. The average molecular weight is 315 g/mol. The van der Waals surface area contributed by atoms with Gasteiger partial charge in [-0.1, -0.05) is 6.92 Å². The Kier molecular flexibility index (Phi) is 4.83. The molecule has 1 aromatic heterocycles. The lowest BCUT2D eigenvalue weighted by atomic mass is 10.1. The van der Waals surface area contributed by atoms with Crippen molar-refractivity contribution in [2.75, 3.05) is 19.6 Å². The Morgan fingerprint density at radius 2 is 2.44 bits per heavy atom. The molecule has 1 atom stereocenters. The maximum atomic E-state index is 12.4. The predicted molar refractivity (Wildman–Crippen MR) is 73.6 cm³/mol. The number of furan rings is 1. The van der Waals surface area contributed by atoms with Crippen LogP contribution in [0, 0.1) is 0 Å². The summed E-state index contributed by atoms with van der Waals surface area (Å²) in [5.74, 6) is 0.414. The molecule has 1 N–H and O–H groups in total. The van der Waals surface area contributed by atoms with Gasteiger partial charge in [-0.2, -0.15) is 0 Å². The van der Waals surface area contributed by atoms with E-state index >= 15 is 0 Å². The van der Waals surface area contributed by atoms with Gasteiger partial charge in [-0.3, -0.25) is 4.79 Å². The highest BCUT2D eigenvalue weighted by Gasteiger charge is 2.27. The molecule has 100 valence electrons. The first-order valence-electron chi connectivity index (χ1n) is 6.49. The van der Waals surface area contributed by atoms with Crippen LogP contribution in [-0.4, -0.2) is 36.5 Å². The molecule has 0 aromatic carbocycles. The molecule has 18 heavy (non-hydrogen) atoms. The zero-order valence-electron chi connectivity index (χ0n) is 10.6. The van der Waals surface area contributed by atoms with Gasteiger partial charge in [0.2, 0.25) is 0 Å². The van der Waals surface area contributed by atoms with Crippen molar-refractivity contribution in [2.24, 2.45) is 0 Å². The van der Waals surface area contributed by atoms with Crippen LogP contribution in [0.15, 0.2) is 21.2 Å². The summed E-state index contributed by atoms with van der Waals surface area (Å²) in [7, 11) is 0. The van der Waals surface area contributed by atoms with E-state index in [1.807, 2.05) is 4.90 Å². The van der Waals surface area contributed by atoms with Gasteiger partial charge in [0.25, 0.3) is 5.91 Å². The van der Waals surface area contributed by atoms with Crippen LogP contribution < -0.4 is 5.32 Å². The summed E-state index contributed by atoms with van der Waals surface area (Å²) in [5.41, 5.74) is 0. The third-order valence-electron chi connectivity index (χ3n) is 3.22. The minimum atomic E-state index is -0.00347. The van der Waals surface area contributed by atoms with Crippen molar-refractivity contribution in [3.8, 4) is 0 Å². The molecule has 1 unspecified atom stereocenters. The van der Waals surface area contributed by atoms with Crippen LogP contribution in [0.1, 0.15) is 36.7 Å². The van der Waals surface area contributed by atoms with Gasteiger partial charge in [0.05, 0.1) is 0 Å². The van der Waals surface area contributed by atoms with Gasteiger partial charge >= 0.3 is 0 Å². The van der Waals surface area contributed by atoms with Gasteiger partial charge in [0, 0.05) is 19.1 Å². The van der Waals surface area contributed by atoms with E-state index in [0.717, 1.165) is 38.9 Å². The van der Waals surface area contributed by atoms with Crippen LogP contribution in [0.25, 0.3) is 0 Å². The van der Waals surface area contributed by atoms with Gasteiger partial charge < -0.3 is 14.6 Å². The third-order valence-corrected chi connectivity index (χ3v) is 3.65. The minimum absolute atomic E-state index is 0.00347. The standard InChI is InChI=1S/C13H19BrN2O2/c1-2-8-16(10-4-3-7-15-9-10)13(17)11-5-6-12(14)18-11/h5-6,10,15H,2-4,7-9H2,1H3. The fourth-order valence-electron chi connectivity index (χ4n) is 2.36. The van der Waals surface area contributed by atoms with Gasteiger partial charge in [0.1, 0.15) is 0 Å². The van der Waals surface area contributed by atoms with Crippen LogP contribution in [0.4, 0.5) is 0 Å². The Morgan fingerprint density at radius 1 is 1.61 bits per heavy atom. The summed E-state index contributed by atoms with van der Waals surface area (Å²) < 4.78 is 5.97. The molecule has 5 heteroatoms. The molecule has 0 spiro atoms. The second-order valence-electron chi connectivity index (χ2n) is 4.60. The number of carbonyl (C=O) groups excluding carboxylic acids is 1. The molecule has 0 radical (unpaired) electrons. The van der Waals surface area contributed by atoms with Crippen LogP contribution in [0.5, 0.6) is 0 Å². The molecule has 1 aromatic rings. The number of nitrogens with zero attached hydrogens (tertiary/aromatic N) is 1. The average Bonchev–Trinajstić information content (AvgIpc) is 2.83. The number of halogens is 1. The lowest BCUT2D eigenvalue weighted by Crippen LogP contribution is -2.48. The maximum Gasteiger partial charge on any atom is 0.289 e. The van der Waals surface area contributed by atoms with Crippen molar-refractivity contribution in [3.05, 3.63) is 22.6 Å². The van der Waals surface area contributed by atoms with Crippen molar-refractivity contribution >= 4 is 21.8 Å². The Labute approximate surface area is 116 Å². The van der Waals surface area contributed by atoms with E-state index in [2.05, 4.69) is 28.2 Å². The van der Waals surface area contributed by atoms with E-state index in [9.17, 15) is 4.79 Å². The molecule has 1 aliphatic rings. The van der Waals surface area contributed by atoms with E-state index in [1.54, 1.807) is 12.1 Å². The van der Waals surface area contributed by atoms with Crippen molar-refractivity contribution in [2.45, 2.75) is 32.2 Å². The third kappa shape index (κ3) is 3.14. The fourth-order valence-corrected chi connectivity index (χ4v) is 2.67. The van der Waals surface area contributed by atoms with Crippen molar-refractivity contribution < 1.29 is 9.21 Å². The van der Waals surface area contributed by atoms with Gasteiger partial charge in [0.15, 0.2) is 10.4 Å². The molecular weight excluding hydrogens is 296 g/mol. The summed E-state index contributed by atoms with van der Waals surface area (Å²) >= 11 is 3.23. The zero-order valence-corrected chi connectivity index (χ0v) is 12.2. The summed E-state index contributed by atoms with van der Waals surface area (Å²) in [5, 5.41) is 3.35. The largest absolute Gasteiger partial charge is 0.444 e. The lowest BCUT2D eigenvalue weighted by Gasteiger charge is -2.34. The van der Waals surface area contributed by atoms with E-state index in [4.69, 9.17) is 4.42 Å². The Balaban J connectivity index is 2.10. The molecular formula is C13H19BrN2O2. The first-order chi connectivity index (χ1) is 8.72. The predicted octanol–water partition coefficient (Wildman–Crippen LogP) is 2.65. The molecule has 1 fully saturated rings. The maximum absolute atomic E-state index is 12.4. The Morgan fingerprint density at radius 3 is 3.00 bits per heavy atom. The summed E-state index contributed by atoms with van der Waals surface area (Å²) in [4.78, 5) is 14.4. The number of carbonyl (C=O) groups is 1. The van der Waals surface area contributed by atoms with Crippen molar-refractivity contribution in [1.29, 1.82) is 0 Å². The Hall–Kier alpha value is -0.810. The molecule has 2 rings (SSSR count). The molecule has 1 aliphatic heterocycles. The van der Waals surface area contributed by atoms with Gasteiger partial charge in [-0.15, -0.1) is 0 Å². The van der Waals surface area contributed by atoms with Gasteiger partial charge in [-0.25, -0.2) is 0 Å². The molecule has 0 saturated carbocycles. The first-order valence-corrected chi connectivity index (χ1v) is 7.28.